The molecule has 0 bridgehead atoms. The molecule has 0 radical (unpaired) electrons. The van der Waals surface area contributed by atoms with Gasteiger partial charge in [0.25, 0.3) is 0 Å². The summed E-state index contributed by atoms with van der Waals surface area (Å²) in [5, 5.41) is 0. The van der Waals surface area contributed by atoms with Gasteiger partial charge < -0.3 is 14.2 Å². The van der Waals surface area contributed by atoms with Crippen molar-refractivity contribution < 1.29 is 28.6 Å². The molecule has 6 nitrogen and oxygen atoms in total. The Balaban J connectivity index is 4.10. The Morgan fingerprint density at radius 1 is 0.267 bits per heavy atom. The molecule has 0 saturated carbocycles. The van der Waals surface area contributed by atoms with Gasteiger partial charge in [-0.1, -0.05) is 340 Å². The number of hydrogen-bond acceptors (Lipinski definition) is 6. The van der Waals surface area contributed by atoms with Gasteiger partial charge in [0.15, 0.2) is 6.10 Å². The van der Waals surface area contributed by atoms with Crippen molar-refractivity contribution in [3.63, 3.8) is 0 Å². The number of allylic oxidation sites excluding steroid dienone is 4. The SMILES string of the molecule is CCCC/C=C\C/C=C\CCCCCCCC(=O)OC(COC(=O)CCCCCCCCCCCCCCC)COC(=O)CCCCCCCCCCCCCCCCCCCCCCCCCCCCCCCC. The molecule has 6 heteroatoms. The number of carbonyl (C=O) groups is 3. The van der Waals surface area contributed by atoms with Gasteiger partial charge in [0.05, 0.1) is 0 Å². The van der Waals surface area contributed by atoms with Gasteiger partial charge in [0, 0.05) is 19.3 Å². The smallest absolute Gasteiger partial charge is 0.306 e. The fraction of sp³-hybridized carbons (Fsp3) is 0.899. The van der Waals surface area contributed by atoms with E-state index in [2.05, 4.69) is 45.1 Å². The first-order chi connectivity index (χ1) is 37.0. The standard InChI is InChI=1S/C69H130O6/c1-4-7-10-13-16-19-22-25-27-28-29-30-31-32-33-34-35-36-37-38-39-40-41-42-45-47-50-53-56-59-62-68(71)74-65-66(64-73-67(70)61-58-55-52-49-46-43-24-21-18-15-12-9-6-3)75-69(72)63-60-57-54-51-48-44-26-23-20-17-14-11-8-5-2/h14,17,23,26,66H,4-13,15-16,18-22,24-25,27-65H2,1-3H3/b17-14-,26-23-. The molecule has 1 unspecified atom stereocenters. The molecule has 0 aliphatic heterocycles. The summed E-state index contributed by atoms with van der Waals surface area (Å²) in [5.41, 5.74) is 0. The predicted molar refractivity (Wildman–Crippen MR) is 326 cm³/mol. The summed E-state index contributed by atoms with van der Waals surface area (Å²) in [7, 11) is 0. The highest BCUT2D eigenvalue weighted by Crippen LogP contribution is 2.19. The third-order valence-electron chi connectivity index (χ3n) is 15.5. The van der Waals surface area contributed by atoms with Gasteiger partial charge in [-0.05, 0) is 44.9 Å². The molecular weight excluding hydrogens is 925 g/mol. The maximum Gasteiger partial charge on any atom is 0.306 e. The molecule has 1 atom stereocenters. The van der Waals surface area contributed by atoms with Gasteiger partial charge in [-0.15, -0.1) is 0 Å². The fourth-order valence-corrected chi connectivity index (χ4v) is 10.3. The van der Waals surface area contributed by atoms with Crippen molar-refractivity contribution >= 4 is 17.9 Å². The minimum Gasteiger partial charge on any atom is -0.462 e. The Bertz CT molecular complexity index is 1210. The van der Waals surface area contributed by atoms with Crippen LogP contribution in [0.25, 0.3) is 0 Å². The maximum absolute atomic E-state index is 12.9. The summed E-state index contributed by atoms with van der Waals surface area (Å²) in [6.45, 7) is 6.65. The van der Waals surface area contributed by atoms with Crippen LogP contribution < -0.4 is 0 Å². The van der Waals surface area contributed by atoms with Crippen molar-refractivity contribution in [3.8, 4) is 0 Å². The highest BCUT2D eigenvalue weighted by atomic mass is 16.6. The Morgan fingerprint density at radius 3 is 0.773 bits per heavy atom. The molecule has 0 aliphatic carbocycles. The summed E-state index contributed by atoms with van der Waals surface area (Å²) in [6, 6.07) is 0. The number of hydrogen-bond donors (Lipinski definition) is 0. The van der Waals surface area contributed by atoms with Crippen LogP contribution in [-0.4, -0.2) is 37.2 Å². The minimum atomic E-state index is -0.774. The van der Waals surface area contributed by atoms with Crippen LogP contribution in [0, 0.1) is 0 Å². The first-order valence-corrected chi connectivity index (χ1v) is 33.8. The number of unbranched alkanes of at least 4 members (excludes halogenated alkanes) is 48. The quantitative estimate of drug-likeness (QED) is 0.0261. The van der Waals surface area contributed by atoms with Crippen LogP contribution in [0.4, 0.5) is 0 Å². The van der Waals surface area contributed by atoms with Crippen LogP contribution in [0.3, 0.4) is 0 Å². The normalized spacial score (nSPS) is 12.1. The van der Waals surface area contributed by atoms with Crippen molar-refractivity contribution in [1.82, 2.24) is 0 Å². The van der Waals surface area contributed by atoms with Crippen LogP contribution >= 0.6 is 0 Å². The molecule has 0 rings (SSSR count). The van der Waals surface area contributed by atoms with E-state index in [0.717, 1.165) is 77.0 Å². The van der Waals surface area contributed by atoms with Gasteiger partial charge in [-0.25, -0.2) is 0 Å². The van der Waals surface area contributed by atoms with Crippen LogP contribution in [0.2, 0.25) is 0 Å². The first kappa shape index (κ1) is 72.9. The molecule has 0 spiro atoms. The van der Waals surface area contributed by atoms with E-state index < -0.39 is 6.10 Å². The van der Waals surface area contributed by atoms with E-state index >= 15 is 0 Å². The molecule has 0 heterocycles. The Labute approximate surface area is 468 Å². The molecular formula is C69H130O6. The average molecular weight is 1060 g/mol. The lowest BCUT2D eigenvalue weighted by Crippen LogP contribution is -2.30. The molecule has 75 heavy (non-hydrogen) atoms. The second kappa shape index (κ2) is 64.4. The first-order valence-electron chi connectivity index (χ1n) is 33.8. The zero-order chi connectivity index (χ0) is 54.3. The lowest BCUT2D eigenvalue weighted by molar-refractivity contribution is -0.167. The topological polar surface area (TPSA) is 78.9 Å². The Hall–Kier alpha value is -2.11. The molecule has 0 aliphatic rings. The largest absolute Gasteiger partial charge is 0.462 e. The highest BCUT2D eigenvalue weighted by molar-refractivity contribution is 5.71. The molecule has 0 fully saturated rings. The molecule has 0 aromatic rings. The molecule has 0 aromatic carbocycles. The van der Waals surface area contributed by atoms with Gasteiger partial charge in [0.2, 0.25) is 0 Å². The van der Waals surface area contributed by atoms with E-state index in [1.54, 1.807) is 0 Å². The molecule has 0 amide bonds. The maximum atomic E-state index is 12.9. The van der Waals surface area contributed by atoms with Crippen molar-refractivity contribution in [3.05, 3.63) is 24.3 Å². The van der Waals surface area contributed by atoms with Crippen LogP contribution in [0.5, 0.6) is 0 Å². The van der Waals surface area contributed by atoms with Gasteiger partial charge in [-0.2, -0.15) is 0 Å². The van der Waals surface area contributed by atoms with E-state index in [4.69, 9.17) is 14.2 Å². The highest BCUT2D eigenvalue weighted by Gasteiger charge is 2.19. The number of ether oxygens (including phenoxy) is 3. The summed E-state index contributed by atoms with van der Waals surface area (Å²) >= 11 is 0. The predicted octanol–water partition coefficient (Wildman–Crippen LogP) is 23.0. The van der Waals surface area contributed by atoms with E-state index in [-0.39, 0.29) is 31.1 Å². The van der Waals surface area contributed by atoms with Crippen LogP contribution in [0.15, 0.2) is 24.3 Å². The van der Waals surface area contributed by atoms with Gasteiger partial charge in [0.1, 0.15) is 13.2 Å². The van der Waals surface area contributed by atoms with E-state index in [0.29, 0.717) is 19.3 Å². The second-order valence-corrected chi connectivity index (χ2v) is 23.1. The molecule has 0 N–H and O–H groups in total. The average Bonchev–Trinajstić information content (AvgIpc) is 3.41. The lowest BCUT2D eigenvalue weighted by Gasteiger charge is -2.18. The van der Waals surface area contributed by atoms with E-state index in [9.17, 15) is 14.4 Å². The molecule has 442 valence electrons. The van der Waals surface area contributed by atoms with Crippen molar-refractivity contribution in [2.75, 3.05) is 13.2 Å². The van der Waals surface area contributed by atoms with Crippen molar-refractivity contribution in [2.45, 2.75) is 386 Å². The van der Waals surface area contributed by atoms with E-state index in [1.807, 2.05) is 0 Å². The minimum absolute atomic E-state index is 0.0712. The summed E-state index contributed by atoms with van der Waals surface area (Å²) < 4.78 is 16.9. The third-order valence-corrected chi connectivity index (χ3v) is 15.5. The van der Waals surface area contributed by atoms with Crippen molar-refractivity contribution in [2.24, 2.45) is 0 Å². The summed E-state index contributed by atoms with van der Waals surface area (Å²) in [4.78, 5) is 38.2. The second-order valence-electron chi connectivity index (χ2n) is 23.1. The Morgan fingerprint density at radius 2 is 0.493 bits per heavy atom. The Kier molecular flexibility index (Phi) is 62.6. The monoisotopic (exact) mass is 1050 g/mol. The molecule has 0 saturated heterocycles. The zero-order valence-corrected chi connectivity index (χ0v) is 50.8. The lowest BCUT2D eigenvalue weighted by atomic mass is 10.0. The third kappa shape index (κ3) is 62.6. The number of esters is 3. The van der Waals surface area contributed by atoms with Crippen LogP contribution in [-0.2, 0) is 28.6 Å². The summed E-state index contributed by atoms with van der Waals surface area (Å²) in [6.07, 6.45) is 77.9. The molecule has 0 aromatic heterocycles. The van der Waals surface area contributed by atoms with Crippen LogP contribution in [0.1, 0.15) is 380 Å². The summed E-state index contributed by atoms with van der Waals surface area (Å²) in [5.74, 6) is -0.859. The number of rotatable bonds is 63. The van der Waals surface area contributed by atoms with Crippen molar-refractivity contribution in [1.29, 1.82) is 0 Å². The van der Waals surface area contributed by atoms with E-state index in [1.165, 1.54) is 263 Å². The zero-order valence-electron chi connectivity index (χ0n) is 50.8. The fourth-order valence-electron chi connectivity index (χ4n) is 10.3. The van der Waals surface area contributed by atoms with Gasteiger partial charge >= 0.3 is 17.9 Å². The number of carbonyl (C=O) groups excluding carboxylic acids is 3. The van der Waals surface area contributed by atoms with Gasteiger partial charge in [-0.3, -0.25) is 14.4 Å².